The molecule has 6 heteroatoms. The van der Waals surface area contributed by atoms with Gasteiger partial charge in [-0.1, -0.05) is 36.4 Å². The highest BCUT2D eigenvalue weighted by Crippen LogP contribution is 2.31. The van der Waals surface area contributed by atoms with E-state index in [4.69, 9.17) is 4.74 Å². The third-order valence-electron chi connectivity index (χ3n) is 3.02. The van der Waals surface area contributed by atoms with Crippen LogP contribution in [0.1, 0.15) is 5.56 Å². The fourth-order valence-electron chi connectivity index (χ4n) is 1.96. The highest BCUT2D eigenvalue weighted by molar-refractivity contribution is 5.89. The number of aromatic nitrogens is 1. The van der Waals surface area contributed by atoms with E-state index in [-0.39, 0.29) is 11.4 Å². The van der Waals surface area contributed by atoms with Gasteiger partial charge in [0.15, 0.2) is 5.82 Å². The Morgan fingerprint density at radius 2 is 1.95 bits per heavy atom. The van der Waals surface area contributed by atoms with E-state index in [2.05, 4.69) is 4.98 Å². The number of ether oxygens (including phenoxy) is 1. The Balaban J connectivity index is 2.62. The number of rotatable bonds is 4. The Kier molecular flexibility index (Phi) is 4.16. The molecule has 2 aromatic rings. The molecule has 1 aromatic carbocycles. The topological polar surface area (TPSA) is 86.5 Å². The standard InChI is InChI=1S/C15H13N3O3/c1-21-14(19)15(11-16,12-7-3-2-4-8-12)18(20)13-9-5-6-10-17-13/h2-10,20H,1H3/t15-/m1/s1. The summed E-state index contributed by atoms with van der Waals surface area (Å²) in [5, 5.41) is 20.5. The summed E-state index contributed by atoms with van der Waals surface area (Å²) in [5.41, 5.74) is -1.74. The minimum absolute atomic E-state index is 0.0632. The number of hydroxylamine groups is 1. The highest BCUT2D eigenvalue weighted by Gasteiger charge is 2.49. The first-order valence-corrected chi connectivity index (χ1v) is 6.12. The van der Waals surface area contributed by atoms with Crippen LogP contribution < -0.4 is 5.06 Å². The molecule has 21 heavy (non-hydrogen) atoms. The lowest BCUT2D eigenvalue weighted by Crippen LogP contribution is -2.50. The van der Waals surface area contributed by atoms with Crippen molar-refractivity contribution in [3.63, 3.8) is 0 Å². The molecule has 0 aliphatic carbocycles. The molecule has 106 valence electrons. The Bertz CT molecular complexity index is 655. The van der Waals surface area contributed by atoms with Crippen molar-refractivity contribution in [1.82, 2.24) is 4.98 Å². The predicted octanol–water partition coefficient (Wildman–Crippen LogP) is 1.87. The number of nitrogens with zero attached hydrogens (tertiary/aromatic N) is 3. The summed E-state index contributed by atoms with van der Waals surface area (Å²) < 4.78 is 4.71. The highest BCUT2D eigenvalue weighted by atomic mass is 16.5. The van der Waals surface area contributed by atoms with E-state index in [1.54, 1.807) is 42.5 Å². The number of hydrogen-bond acceptors (Lipinski definition) is 6. The van der Waals surface area contributed by atoms with Gasteiger partial charge in [0.2, 0.25) is 0 Å². The van der Waals surface area contributed by atoms with E-state index in [1.807, 2.05) is 6.07 Å². The number of anilines is 1. The van der Waals surface area contributed by atoms with Crippen molar-refractivity contribution < 1.29 is 14.7 Å². The van der Waals surface area contributed by atoms with Gasteiger partial charge in [0.1, 0.15) is 6.07 Å². The molecule has 1 heterocycles. The van der Waals surface area contributed by atoms with Gasteiger partial charge in [-0.05, 0) is 12.1 Å². The first kappa shape index (κ1) is 14.5. The Hall–Kier alpha value is -2.91. The SMILES string of the molecule is COC(=O)[C@@](C#N)(c1ccccc1)N(O)c1ccccn1. The molecule has 0 bridgehead atoms. The van der Waals surface area contributed by atoms with Crippen LogP contribution in [-0.4, -0.2) is 23.3 Å². The molecule has 2 rings (SSSR count). The van der Waals surface area contributed by atoms with Gasteiger partial charge in [0.25, 0.3) is 5.54 Å². The van der Waals surface area contributed by atoms with Crippen LogP contribution in [0.4, 0.5) is 5.82 Å². The van der Waals surface area contributed by atoms with Gasteiger partial charge >= 0.3 is 5.97 Å². The molecule has 0 radical (unpaired) electrons. The molecule has 0 saturated carbocycles. The lowest BCUT2D eigenvalue weighted by atomic mass is 9.90. The van der Waals surface area contributed by atoms with E-state index in [0.29, 0.717) is 5.06 Å². The van der Waals surface area contributed by atoms with Gasteiger partial charge in [-0.2, -0.15) is 5.26 Å². The van der Waals surface area contributed by atoms with Crippen LogP contribution in [0.5, 0.6) is 0 Å². The molecule has 6 nitrogen and oxygen atoms in total. The first-order chi connectivity index (χ1) is 10.2. The summed E-state index contributed by atoms with van der Waals surface area (Å²) in [5.74, 6) is -0.836. The second-order valence-corrected chi connectivity index (χ2v) is 4.18. The van der Waals surface area contributed by atoms with Crippen molar-refractivity contribution in [2.75, 3.05) is 12.2 Å². The molecule has 0 amide bonds. The van der Waals surface area contributed by atoms with Gasteiger partial charge < -0.3 is 4.74 Å². The summed E-state index contributed by atoms with van der Waals surface area (Å²) >= 11 is 0. The Morgan fingerprint density at radius 3 is 2.48 bits per heavy atom. The summed E-state index contributed by atoms with van der Waals surface area (Å²) in [4.78, 5) is 16.2. The second-order valence-electron chi connectivity index (χ2n) is 4.18. The summed E-state index contributed by atoms with van der Waals surface area (Å²) in [6.07, 6.45) is 1.45. The summed E-state index contributed by atoms with van der Waals surface area (Å²) in [7, 11) is 1.16. The number of benzene rings is 1. The largest absolute Gasteiger partial charge is 0.466 e. The zero-order valence-electron chi connectivity index (χ0n) is 11.3. The number of methoxy groups -OCH3 is 1. The number of esters is 1. The molecule has 0 aliphatic heterocycles. The van der Waals surface area contributed by atoms with Crippen LogP contribution in [0.25, 0.3) is 0 Å². The number of carbonyl (C=O) groups is 1. The molecule has 0 fully saturated rings. The smallest absolute Gasteiger partial charge is 0.353 e. The van der Waals surface area contributed by atoms with Crippen molar-refractivity contribution in [3.05, 3.63) is 60.3 Å². The number of nitriles is 1. The van der Waals surface area contributed by atoms with E-state index in [9.17, 15) is 15.3 Å². The number of carbonyl (C=O) groups excluding carboxylic acids is 1. The molecule has 1 N–H and O–H groups in total. The average molecular weight is 283 g/mol. The van der Waals surface area contributed by atoms with Crippen LogP contribution >= 0.6 is 0 Å². The molecule has 0 unspecified atom stereocenters. The fourth-order valence-corrected chi connectivity index (χ4v) is 1.96. The predicted molar refractivity (Wildman–Crippen MR) is 74.3 cm³/mol. The molecule has 0 saturated heterocycles. The van der Waals surface area contributed by atoms with Gasteiger partial charge in [-0.15, -0.1) is 0 Å². The quantitative estimate of drug-likeness (QED) is 0.681. The Labute approximate surface area is 121 Å². The molecule has 1 aromatic heterocycles. The van der Waals surface area contributed by atoms with Crippen LogP contribution in [0, 0.1) is 11.3 Å². The van der Waals surface area contributed by atoms with Gasteiger partial charge in [-0.25, -0.2) is 14.8 Å². The third kappa shape index (κ3) is 2.42. The van der Waals surface area contributed by atoms with Crippen molar-refractivity contribution in [2.24, 2.45) is 0 Å². The van der Waals surface area contributed by atoms with E-state index in [0.717, 1.165) is 7.11 Å². The third-order valence-corrected chi connectivity index (χ3v) is 3.02. The van der Waals surface area contributed by atoms with Crippen molar-refractivity contribution in [1.29, 1.82) is 5.26 Å². The van der Waals surface area contributed by atoms with E-state index in [1.165, 1.54) is 12.3 Å². The average Bonchev–Trinajstić information content (AvgIpc) is 2.57. The van der Waals surface area contributed by atoms with Gasteiger partial charge in [0.05, 0.1) is 7.11 Å². The maximum absolute atomic E-state index is 12.2. The van der Waals surface area contributed by atoms with Crippen molar-refractivity contribution in [3.8, 4) is 6.07 Å². The van der Waals surface area contributed by atoms with Crippen molar-refractivity contribution >= 4 is 11.8 Å². The normalized spacial score (nSPS) is 12.8. The maximum atomic E-state index is 12.2. The summed E-state index contributed by atoms with van der Waals surface area (Å²) in [6.45, 7) is 0. The molecule has 0 spiro atoms. The van der Waals surface area contributed by atoms with E-state index < -0.39 is 11.5 Å². The zero-order chi connectivity index (χ0) is 15.3. The maximum Gasteiger partial charge on any atom is 0.353 e. The summed E-state index contributed by atoms with van der Waals surface area (Å²) in [6, 6.07) is 14.8. The number of pyridine rings is 1. The van der Waals surface area contributed by atoms with Crippen molar-refractivity contribution in [2.45, 2.75) is 5.54 Å². The van der Waals surface area contributed by atoms with Crippen LogP contribution in [-0.2, 0) is 15.1 Å². The van der Waals surface area contributed by atoms with Gasteiger partial charge in [-0.3, -0.25) is 5.21 Å². The van der Waals surface area contributed by atoms with Crippen LogP contribution in [0.2, 0.25) is 0 Å². The minimum atomic E-state index is -2.02. The van der Waals surface area contributed by atoms with Crippen LogP contribution in [0.3, 0.4) is 0 Å². The molecule has 1 atom stereocenters. The van der Waals surface area contributed by atoms with Gasteiger partial charge in [0, 0.05) is 11.8 Å². The van der Waals surface area contributed by atoms with E-state index >= 15 is 0 Å². The Morgan fingerprint density at radius 1 is 1.29 bits per heavy atom. The molecular formula is C15H13N3O3. The zero-order valence-corrected chi connectivity index (χ0v) is 11.3. The lowest BCUT2D eigenvalue weighted by Gasteiger charge is -2.32. The lowest BCUT2D eigenvalue weighted by molar-refractivity contribution is -0.147. The number of hydrogen-bond donors (Lipinski definition) is 1. The first-order valence-electron chi connectivity index (χ1n) is 6.12. The second kappa shape index (κ2) is 6.03. The fraction of sp³-hybridized carbons (Fsp3) is 0.133. The molecule has 0 aliphatic rings. The van der Waals surface area contributed by atoms with Crippen LogP contribution in [0.15, 0.2) is 54.7 Å². The monoisotopic (exact) mass is 283 g/mol. The minimum Gasteiger partial charge on any atom is -0.466 e. The molecular weight excluding hydrogens is 270 g/mol.